The molecule has 0 aromatic carbocycles. The number of carbonyl (C=O) groups is 4. The molecule has 1 unspecified atom stereocenters. The third-order valence-electron chi connectivity index (χ3n) is 8.29. The van der Waals surface area contributed by atoms with Crippen molar-refractivity contribution in [2.24, 2.45) is 5.73 Å². The topological polar surface area (TPSA) is 189 Å². The number of unbranched alkanes of at least 4 members (excludes halogenated alkanes) is 7. The highest BCUT2D eigenvalue weighted by atomic mass is 31.2. The van der Waals surface area contributed by atoms with Gasteiger partial charge in [0.1, 0.15) is 12.6 Å². The van der Waals surface area contributed by atoms with Gasteiger partial charge in [-0.25, -0.2) is 4.57 Å². The minimum atomic E-state index is -4.79. The average Bonchev–Trinajstić information content (AvgIpc) is 3.20. The van der Waals surface area contributed by atoms with E-state index in [1.165, 1.54) is 25.3 Å². The smallest absolute Gasteiger partial charge is 0.472 e. The number of rotatable bonds is 38. The molecule has 0 aromatic rings. The SMILES string of the molecule is CC/C=C\C/C=C\C/C=C\C/C=C\CCCCCCC(=O)O[C@H](COC(=O)CCCC(=O)/C=C/C=C\C/C=C\C/C=C\CCCCC)COP(=O)(O)OC[C@H](N)C(=O)O. The molecule has 0 rings (SSSR count). The minimum absolute atomic E-state index is 0.0769. The number of esters is 2. The summed E-state index contributed by atoms with van der Waals surface area (Å²) in [6.07, 6.45) is 46.2. The summed E-state index contributed by atoms with van der Waals surface area (Å²) < 4.78 is 32.4. The van der Waals surface area contributed by atoms with E-state index in [0.717, 1.165) is 70.6 Å². The van der Waals surface area contributed by atoms with Crippen LogP contribution in [0.15, 0.2) is 97.2 Å². The maximum absolute atomic E-state index is 12.6. The maximum Gasteiger partial charge on any atom is 0.472 e. The Morgan fingerprint density at radius 2 is 1.12 bits per heavy atom. The van der Waals surface area contributed by atoms with Gasteiger partial charge in [0.05, 0.1) is 13.2 Å². The van der Waals surface area contributed by atoms with Crippen molar-refractivity contribution in [3.8, 4) is 0 Å². The van der Waals surface area contributed by atoms with Crippen molar-refractivity contribution in [2.75, 3.05) is 19.8 Å². The summed E-state index contributed by atoms with van der Waals surface area (Å²) in [7, 11) is -4.79. The van der Waals surface area contributed by atoms with E-state index in [1.54, 1.807) is 12.2 Å². The second-order valence-electron chi connectivity index (χ2n) is 13.8. The summed E-state index contributed by atoms with van der Waals surface area (Å²) in [4.78, 5) is 58.1. The van der Waals surface area contributed by atoms with Crippen molar-refractivity contribution in [3.05, 3.63) is 97.2 Å². The van der Waals surface area contributed by atoms with Gasteiger partial charge >= 0.3 is 25.7 Å². The van der Waals surface area contributed by atoms with E-state index < -0.39 is 57.7 Å². The molecular formula is C46H72NO11P. The van der Waals surface area contributed by atoms with Gasteiger partial charge in [0.15, 0.2) is 11.9 Å². The number of allylic oxidation sites excluding steroid dienone is 16. The third kappa shape index (κ3) is 39.3. The molecular weight excluding hydrogens is 773 g/mol. The molecule has 3 atom stereocenters. The Labute approximate surface area is 353 Å². The molecule has 0 saturated heterocycles. The van der Waals surface area contributed by atoms with Gasteiger partial charge in [-0.05, 0) is 83.1 Å². The Morgan fingerprint density at radius 3 is 1.71 bits per heavy atom. The molecule has 13 heteroatoms. The van der Waals surface area contributed by atoms with Crippen molar-refractivity contribution < 1.29 is 52.3 Å². The van der Waals surface area contributed by atoms with Gasteiger partial charge in [-0.2, -0.15) is 0 Å². The maximum atomic E-state index is 12.6. The number of carboxylic acids is 1. The van der Waals surface area contributed by atoms with Gasteiger partial charge in [-0.3, -0.25) is 28.2 Å². The van der Waals surface area contributed by atoms with Gasteiger partial charge in [-0.15, -0.1) is 0 Å². The summed E-state index contributed by atoms with van der Waals surface area (Å²) in [5.74, 6) is -2.86. The molecule has 59 heavy (non-hydrogen) atoms. The van der Waals surface area contributed by atoms with Crippen LogP contribution in [-0.2, 0) is 42.3 Å². The molecule has 0 heterocycles. The van der Waals surface area contributed by atoms with E-state index in [2.05, 4.69) is 91.3 Å². The van der Waals surface area contributed by atoms with Crippen LogP contribution >= 0.6 is 7.82 Å². The lowest BCUT2D eigenvalue weighted by Crippen LogP contribution is -2.34. The summed E-state index contributed by atoms with van der Waals surface area (Å²) in [6.45, 7) is 2.36. The molecule has 0 spiro atoms. The first-order chi connectivity index (χ1) is 28.5. The predicted octanol–water partition coefficient (Wildman–Crippen LogP) is 10.5. The Hall–Kier alpha value is -3.93. The van der Waals surface area contributed by atoms with Crippen molar-refractivity contribution >= 4 is 31.5 Å². The van der Waals surface area contributed by atoms with Crippen molar-refractivity contribution in [2.45, 2.75) is 148 Å². The molecule has 12 nitrogen and oxygen atoms in total. The Kier molecular flexibility index (Phi) is 36.9. The predicted molar refractivity (Wildman–Crippen MR) is 235 cm³/mol. The fourth-order valence-corrected chi connectivity index (χ4v) is 5.73. The van der Waals surface area contributed by atoms with Crippen molar-refractivity contribution in [1.29, 1.82) is 0 Å². The van der Waals surface area contributed by atoms with Crippen LogP contribution in [0.4, 0.5) is 0 Å². The molecule has 0 bridgehead atoms. The number of carboxylic acid groups (broad SMARTS) is 1. The first kappa shape index (κ1) is 55.1. The van der Waals surface area contributed by atoms with Gasteiger partial charge < -0.3 is 25.2 Å². The lowest BCUT2D eigenvalue weighted by molar-refractivity contribution is -0.161. The molecule has 332 valence electrons. The molecule has 0 fully saturated rings. The third-order valence-corrected chi connectivity index (χ3v) is 9.24. The van der Waals surface area contributed by atoms with Crippen LogP contribution in [0.2, 0.25) is 0 Å². The fourth-order valence-electron chi connectivity index (χ4n) is 4.95. The van der Waals surface area contributed by atoms with Crippen LogP contribution in [0.3, 0.4) is 0 Å². The van der Waals surface area contributed by atoms with Gasteiger partial charge in [0, 0.05) is 19.3 Å². The fraction of sp³-hybridized carbons (Fsp3) is 0.565. The van der Waals surface area contributed by atoms with E-state index in [9.17, 15) is 28.6 Å². The second-order valence-corrected chi connectivity index (χ2v) is 15.2. The van der Waals surface area contributed by atoms with E-state index in [4.69, 9.17) is 24.8 Å². The number of hydrogen-bond acceptors (Lipinski definition) is 10. The van der Waals surface area contributed by atoms with E-state index >= 15 is 0 Å². The van der Waals surface area contributed by atoms with Crippen molar-refractivity contribution in [3.63, 3.8) is 0 Å². The molecule has 0 aromatic heterocycles. The summed E-state index contributed by atoms with van der Waals surface area (Å²) in [6, 6.07) is -1.56. The van der Waals surface area contributed by atoms with Crippen molar-refractivity contribution in [1.82, 2.24) is 0 Å². The summed E-state index contributed by atoms with van der Waals surface area (Å²) >= 11 is 0. The monoisotopic (exact) mass is 845 g/mol. The van der Waals surface area contributed by atoms with Gasteiger partial charge in [0.2, 0.25) is 0 Å². The molecule has 0 radical (unpaired) electrons. The number of hydrogen-bond donors (Lipinski definition) is 3. The Balaban J connectivity index is 4.64. The minimum Gasteiger partial charge on any atom is -0.480 e. The van der Waals surface area contributed by atoms with Gasteiger partial charge in [-0.1, -0.05) is 131 Å². The number of ketones is 1. The quantitative estimate of drug-likeness (QED) is 0.0133. The molecule has 0 aliphatic carbocycles. The van der Waals surface area contributed by atoms with Crippen LogP contribution in [-0.4, -0.2) is 65.7 Å². The van der Waals surface area contributed by atoms with Gasteiger partial charge in [0.25, 0.3) is 0 Å². The molecule has 0 aliphatic heterocycles. The number of nitrogens with two attached hydrogens (primary N) is 1. The number of phosphoric ester groups is 1. The van der Waals surface area contributed by atoms with E-state index in [1.807, 2.05) is 6.08 Å². The van der Waals surface area contributed by atoms with Crippen LogP contribution in [0.5, 0.6) is 0 Å². The van der Waals surface area contributed by atoms with E-state index in [0.29, 0.717) is 6.42 Å². The average molecular weight is 846 g/mol. The second kappa shape index (κ2) is 39.5. The Morgan fingerprint density at radius 1 is 0.593 bits per heavy atom. The number of aliphatic carboxylic acids is 1. The molecule has 4 N–H and O–H groups in total. The zero-order chi connectivity index (χ0) is 43.7. The first-order valence-electron chi connectivity index (χ1n) is 21.2. The first-order valence-corrected chi connectivity index (χ1v) is 22.7. The van der Waals surface area contributed by atoms with Crippen LogP contribution in [0.25, 0.3) is 0 Å². The lowest BCUT2D eigenvalue weighted by atomic mass is 10.1. The molecule has 0 saturated carbocycles. The van der Waals surface area contributed by atoms with E-state index in [-0.39, 0.29) is 31.5 Å². The standard InChI is InChI=1S/C46H72NO11P/c1-3-5-7-9-11-13-15-17-18-19-20-22-24-26-28-30-32-36-45(50)58-42(39-56-59(53,54)57-40-43(47)46(51)52)38-55-44(49)37-33-35-41(48)34-31-29-27-25-23-21-16-14-12-10-8-6-4-2/h5,7,11-14,17-18,20-23,27,29,31,34,42-43H,3-4,6,8-10,15-16,19,24-26,28,30,32-33,35-40,47H2,1-2H3,(H,51,52)(H,53,54)/b7-5-,13-11-,14-12-,18-17-,22-20-,23-21-,29-27-,34-31+/t42-,43+/m1/s1. The number of ether oxygens (including phenoxy) is 2. The zero-order valence-electron chi connectivity index (χ0n) is 35.5. The number of phosphoric acid groups is 1. The highest BCUT2D eigenvalue weighted by molar-refractivity contribution is 7.47. The highest BCUT2D eigenvalue weighted by Gasteiger charge is 2.28. The molecule has 0 amide bonds. The summed E-state index contributed by atoms with van der Waals surface area (Å²) in [5.41, 5.74) is 5.31. The Bertz CT molecular complexity index is 1430. The number of carbonyl (C=O) groups excluding carboxylic acids is 3. The molecule has 0 aliphatic rings. The zero-order valence-corrected chi connectivity index (χ0v) is 36.4. The lowest BCUT2D eigenvalue weighted by Gasteiger charge is -2.20. The largest absolute Gasteiger partial charge is 0.480 e. The van der Waals surface area contributed by atoms with Crippen LogP contribution in [0.1, 0.15) is 136 Å². The summed E-state index contributed by atoms with van der Waals surface area (Å²) in [5, 5.41) is 8.88. The van der Waals surface area contributed by atoms with Crippen LogP contribution in [0, 0.1) is 0 Å². The highest BCUT2D eigenvalue weighted by Crippen LogP contribution is 2.43. The van der Waals surface area contributed by atoms with Crippen LogP contribution < -0.4 is 5.73 Å². The normalized spacial score (nSPS) is 14.6.